The van der Waals surface area contributed by atoms with Gasteiger partial charge in [0, 0.05) is 10.9 Å². The molecule has 2 aromatic rings. The lowest BCUT2D eigenvalue weighted by Crippen LogP contribution is -2.75. The third-order valence-electron chi connectivity index (χ3n) is 8.43. The summed E-state index contributed by atoms with van der Waals surface area (Å²) in [4.78, 5) is 24.0. The fourth-order valence-electron chi connectivity index (χ4n) is 6.53. The molecule has 7 atom stereocenters. The van der Waals surface area contributed by atoms with Gasteiger partial charge in [0.1, 0.15) is 41.2 Å². The van der Waals surface area contributed by atoms with Gasteiger partial charge in [-0.05, 0) is 57.6 Å². The predicted molar refractivity (Wildman–Crippen MR) is 127 cm³/mol. The first-order chi connectivity index (χ1) is 17.3. The van der Waals surface area contributed by atoms with Gasteiger partial charge < -0.3 is 45.2 Å². The highest BCUT2D eigenvalue weighted by molar-refractivity contribution is 6.11. The highest BCUT2D eigenvalue weighted by Crippen LogP contribution is 2.54. The molecule has 11 nitrogen and oxygen atoms in total. The lowest BCUT2D eigenvalue weighted by molar-refractivity contribution is -0.355. The minimum Gasteiger partial charge on any atom is -0.507 e. The van der Waals surface area contributed by atoms with Gasteiger partial charge in [0.05, 0.1) is 22.1 Å². The van der Waals surface area contributed by atoms with Gasteiger partial charge >= 0.3 is 5.97 Å². The van der Waals surface area contributed by atoms with Crippen molar-refractivity contribution in [1.29, 1.82) is 0 Å². The maximum Gasteiger partial charge on any atom is 0.335 e. The van der Waals surface area contributed by atoms with Crippen LogP contribution in [0.1, 0.15) is 65.3 Å². The summed E-state index contributed by atoms with van der Waals surface area (Å²) in [6, 6.07) is 2.13. The molecule has 0 unspecified atom stereocenters. The van der Waals surface area contributed by atoms with Crippen LogP contribution in [0, 0.1) is 12.8 Å². The summed E-state index contributed by atoms with van der Waals surface area (Å²) in [6.07, 6.45) is -4.36. The van der Waals surface area contributed by atoms with Crippen molar-refractivity contribution in [2.24, 2.45) is 5.92 Å². The number of carbonyl (C=O) groups excluding carboxylic acids is 1. The molecule has 0 amide bonds. The SMILES string of the molecule is CC(=O)c1c(C)c(O)c2cc(C(=O)O)cc(O[C@@H]3O[C@@H]4[C@@]5(O)CCC[C@H]5CC[C@]4(O)[C@H](O)[C@H]3O)c2c1O. The Labute approximate surface area is 211 Å². The van der Waals surface area contributed by atoms with E-state index in [1.165, 1.54) is 13.8 Å². The van der Waals surface area contributed by atoms with Crippen molar-refractivity contribution in [2.45, 2.75) is 81.8 Å². The molecule has 1 aliphatic heterocycles. The molecule has 0 bridgehead atoms. The van der Waals surface area contributed by atoms with Crippen LogP contribution in [0.2, 0.25) is 0 Å². The molecule has 11 heteroatoms. The number of carboxylic acids is 1. The van der Waals surface area contributed by atoms with Gasteiger partial charge in [0.15, 0.2) is 5.78 Å². The molecule has 3 fully saturated rings. The summed E-state index contributed by atoms with van der Waals surface area (Å²) in [5, 5.41) is 75.6. The van der Waals surface area contributed by atoms with Gasteiger partial charge in [-0.2, -0.15) is 0 Å². The normalized spacial score (nSPS) is 35.1. The zero-order chi connectivity index (χ0) is 27.0. The van der Waals surface area contributed by atoms with Crippen LogP contribution < -0.4 is 4.74 Å². The second-order valence-electron chi connectivity index (χ2n) is 10.5. The first kappa shape index (κ1) is 25.7. The zero-order valence-electron chi connectivity index (χ0n) is 20.3. The molecule has 7 N–H and O–H groups in total. The Morgan fingerprint density at radius 1 is 1.05 bits per heavy atom. The van der Waals surface area contributed by atoms with Gasteiger partial charge in [-0.15, -0.1) is 0 Å². The minimum atomic E-state index is -1.95. The Morgan fingerprint density at radius 2 is 1.76 bits per heavy atom. The second kappa shape index (κ2) is 8.53. The molecule has 37 heavy (non-hydrogen) atoms. The van der Waals surface area contributed by atoms with Crippen LogP contribution in [0.3, 0.4) is 0 Å². The number of carboxylic acid groups (broad SMARTS) is 1. The number of rotatable bonds is 4. The molecule has 0 spiro atoms. The number of phenolic OH excluding ortho intramolecular Hbond substituents is 2. The summed E-state index contributed by atoms with van der Waals surface area (Å²) in [7, 11) is 0. The van der Waals surface area contributed by atoms with E-state index in [9.17, 15) is 45.3 Å². The third kappa shape index (κ3) is 3.60. The third-order valence-corrected chi connectivity index (χ3v) is 8.43. The topological polar surface area (TPSA) is 194 Å². The number of Topliss-reactive ketones (excluding diaryl/α,β-unsaturated/α-hetero) is 1. The molecule has 2 aromatic carbocycles. The molecule has 1 saturated heterocycles. The first-order valence-electron chi connectivity index (χ1n) is 12.2. The van der Waals surface area contributed by atoms with E-state index in [4.69, 9.17) is 9.47 Å². The summed E-state index contributed by atoms with van der Waals surface area (Å²) in [5.41, 5.74) is -3.91. The standard InChI is InChI=1S/C26H30O11/c1-10-16(11(2)27)19(29)17-14(18(10)28)8-12(22(32)33)9-15(17)36-23-20(30)21(31)26(35)7-5-13-4-3-6-25(13,34)24(26)37-23/h8-9,13,20-21,23-24,28-31,34-35H,3-7H2,1-2H3,(H,32,33)/t13-,20+,21+,23+,24+,25+,26-/m0/s1. The average Bonchev–Trinajstić information content (AvgIpc) is 3.23. The zero-order valence-corrected chi connectivity index (χ0v) is 20.3. The molecule has 200 valence electrons. The lowest BCUT2D eigenvalue weighted by Gasteiger charge is -2.57. The molecule has 5 rings (SSSR count). The summed E-state index contributed by atoms with van der Waals surface area (Å²) in [5.74, 6) is -3.49. The van der Waals surface area contributed by atoms with E-state index in [0.717, 1.165) is 12.1 Å². The van der Waals surface area contributed by atoms with E-state index in [2.05, 4.69) is 0 Å². The van der Waals surface area contributed by atoms with E-state index >= 15 is 0 Å². The van der Waals surface area contributed by atoms with Crippen molar-refractivity contribution >= 4 is 22.5 Å². The van der Waals surface area contributed by atoms with Crippen LogP contribution in [0.25, 0.3) is 10.8 Å². The molecular formula is C26H30O11. The number of ether oxygens (including phenoxy) is 2. The Bertz CT molecular complexity index is 1310. The number of aliphatic hydroxyl groups is 4. The van der Waals surface area contributed by atoms with Crippen molar-refractivity contribution in [3.8, 4) is 17.2 Å². The van der Waals surface area contributed by atoms with E-state index in [1.807, 2.05) is 0 Å². The Kier molecular flexibility index (Phi) is 5.92. The number of aliphatic hydroxyl groups excluding tert-OH is 2. The molecule has 0 aromatic heterocycles. The fraction of sp³-hybridized carbons (Fsp3) is 0.538. The van der Waals surface area contributed by atoms with Crippen molar-refractivity contribution in [2.75, 3.05) is 0 Å². The van der Waals surface area contributed by atoms with Crippen molar-refractivity contribution in [1.82, 2.24) is 0 Å². The second-order valence-corrected chi connectivity index (χ2v) is 10.5. The molecule has 0 radical (unpaired) electrons. The summed E-state index contributed by atoms with van der Waals surface area (Å²) in [6.45, 7) is 2.58. The smallest absolute Gasteiger partial charge is 0.335 e. The predicted octanol–water partition coefficient (Wildman–Crippen LogP) is 1.34. The van der Waals surface area contributed by atoms with E-state index in [0.29, 0.717) is 25.7 Å². The summed E-state index contributed by atoms with van der Waals surface area (Å²) < 4.78 is 11.8. The van der Waals surface area contributed by atoms with Gasteiger partial charge in [-0.25, -0.2) is 4.79 Å². The number of hydrogen-bond acceptors (Lipinski definition) is 10. The Balaban J connectivity index is 1.64. The number of fused-ring (bicyclic) bond motifs is 4. The lowest BCUT2D eigenvalue weighted by atomic mass is 9.64. The molecule has 2 saturated carbocycles. The number of hydrogen-bond donors (Lipinski definition) is 7. The van der Waals surface area contributed by atoms with Crippen LogP contribution in [0.5, 0.6) is 17.2 Å². The number of aromatic carboxylic acids is 1. The molecule has 2 aliphatic carbocycles. The number of ketones is 1. The van der Waals surface area contributed by atoms with Crippen LogP contribution in [-0.2, 0) is 4.74 Å². The quantitative estimate of drug-likeness (QED) is 0.228. The highest BCUT2D eigenvalue weighted by atomic mass is 16.7. The van der Waals surface area contributed by atoms with Gasteiger partial charge in [0.2, 0.25) is 6.29 Å². The molecule has 3 aliphatic rings. The number of aromatic hydroxyl groups is 2. The minimum absolute atomic E-state index is 0.0390. The van der Waals surface area contributed by atoms with Crippen LogP contribution in [0.4, 0.5) is 0 Å². The van der Waals surface area contributed by atoms with Gasteiger partial charge in [-0.3, -0.25) is 4.79 Å². The summed E-state index contributed by atoms with van der Waals surface area (Å²) >= 11 is 0. The average molecular weight is 519 g/mol. The van der Waals surface area contributed by atoms with Crippen molar-refractivity contribution in [3.05, 3.63) is 28.8 Å². The fourth-order valence-corrected chi connectivity index (χ4v) is 6.53. The molecule has 1 heterocycles. The number of carbonyl (C=O) groups is 2. The van der Waals surface area contributed by atoms with E-state index < -0.39 is 59.1 Å². The number of benzene rings is 2. The van der Waals surface area contributed by atoms with Gasteiger partial charge in [0.25, 0.3) is 0 Å². The van der Waals surface area contributed by atoms with Crippen molar-refractivity contribution < 1.29 is 54.8 Å². The van der Waals surface area contributed by atoms with E-state index in [1.54, 1.807) is 0 Å². The van der Waals surface area contributed by atoms with Crippen LogP contribution >= 0.6 is 0 Å². The van der Waals surface area contributed by atoms with Crippen LogP contribution in [0.15, 0.2) is 12.1 Å². The highest BCUT2D eigenvalue weighted by Gasteiger charge is 2.67. The number of phenols is 2. The van der Waals surface area contributed by atoms with Crippen LogP contribution in [-0.4, -0.2) is 83.3 Å². The largest absolute Gasteiger partial charge is 0.507 e. The maximum atomic E-state index is 12.2. The maximum absolute atomic E-state index is 12.2. The van der Waals surface area contributed by atoms with Gasteiger partial charge in [-0.1, -0.05) is 6.42 Å². The molecular weight excluding hydrogens is 488 g/mol. The van der Waals surface area contributed by atoms with Crippen molar-refractivity contribution in [3.63, 3.8) is 0 Å². The monoisotopic (exact) mass is 518 g/mol. The Hall–Kier alpha value is -2.96. The Morgan fingerprint density at radius 3 is 2.41 bits per heavy atom. The first-order valence-corrected chi connectivity index (χ1v) is 12.2. The van der Waals surface area contributed by atoms with E-state index in [-0.39, 0.29) is 45.6 Å².